The highest BCUT2D eigenvalue weighted by atomic mass is 32.2. The van der Waals surface area contributed by atoms with Gasteiger partial charge in [-0.2, -0.15) is 0 Å². The highest BCUT2D eigenvalue weighted by Crippen LogP contribution is 2.72. The van der Waals surface area contributed by atoms with E-state index < -0.39 is 80.9 Å². The molecule has 5 aliphatic carbocycles. The summed E-state index contributed by atoms with van der Waals surface area (Å²) in [6.45, 7) is 9.04. The lowest BCUT2D eigenvalue weighted by Gasteiger charge is -2.63. The number of thioether (sulfide) groups is 1. The maximum atomic E-state index is 17.4. The van der Waals surface area contributed by atoms with E-state index in [1.807, 2.05) is 13.8 Å². The molecular weight excluding hydrogens is 517 g/mol. The van der Waals surface area contributed by atoms with Crippen molar-refractivity contribution in [1.82, 2.24) is 0 Å². The van der Waals surface area contributed by atoms with Gasteiger partial charge in [-0.15, -0.1) is 0 Å². The third kappa shape index (κ3) is 3.45. The molecular formula is C29H37F3O5S. The van der Waals surface area contributed by atoms with E-state index in [2.05, 4.69) is 0 Å². The molecule has 38 heavy (non-hydrogen) atoms. The number of hydrogen-bond acceptors (Lipinski definition) is 6. The van der Waals surface area contributed by atoms with Crippen molar-refractivity contribution < 1.29 is 37.4 Å². The van der Waals surface area contributed by atoms with Gasteiger partial charge in [0.15, 0.2) is 17.1 Å². The van der Waals surface area contributed by atoms with Crippen molar-refractivity contribution in [1.29, 1.82) is 0 Å². The number of halogens is 3. The SMILES string of the molecule is CC1C[C@H]2[C@@H]3CC(F)C4=CC(=O)C=C[C@]4(C)C3(F)C(O)C[C@]2(C)C1(OC(=O)C1CC(C)(C)C1)C(=O)SCF. The molecule has 0 aromatic rings. The van der Waals surface area contributed by atoms with Gasteiger partial charge in [0.05, 0.1) is 12.0 Å². The molecule has 4 fully saturated rings. The number of rotatable bonds is 4. The Kier molecular flexibility index (Phi) is 6.39. The lowest BCUT2D eigenvalue weighted by Crippen LogP contribution is -2.71. The van der Waals surface area contributed by atoms with Crippen LogP contribution in [0.2, 0.25) is 0 Å². The molecule has 5 unspecified atom stereocenters. The number of hydrogen-bond donors (Lipinski definition) is 1. The smallest absolute Gasteiger partial charge is 0.310 e. The molecule has 0 aromatic carbocycles. The van der Waals surface area contributed by atoms with Gasteiger partial charge >= 0.3 is 5.97 Å². The first-order valence-electron chi connectivity index (χ1n) is 13.5. The summed E-state index contributed by atoms with van der Waals surface area (Å²) in [5.41, 5.74) is -6.89. The average Bonchev–Trinajstić information content (AvgIpc) is 3.03. The van der Waals surface area contributed by atoms with Crippen molar-refractivity contribution >= 4 is 28.6 Å². The predicted molar refractivity (Wildman–Crippen MR) is 137 cm³/mol. The number of aliphatic hydroxyl groups is 1. The number of aliphatic hydroxyl groups excluding tert-OH is 1. The third-order valence-electron chi connectivity index (χ3n) is 10.9. The average molecular weight is 555 g/mol. The second kappa shape index (κ2) is 8.69. The minimum Gasteiger partial charge on any atom is -0.449 e. The summed E-state index contributed by atoms with van der Waals surface area (Å²) in [6.07, 6.45) is 1.42. The summed E-state index contributed by atoms with van der Waals surface area (Å²) < 4.78 is 52.8. The Morgan fingerprint density at radius 2 is 1.79 bits per heavy atom. The lowest BCUT2D eigenvalue weighted by molar-refractivity contribution is -0.231. The third-order valence-corrected chi connectivity index (χ3v) is 11.5. The first-order valence-corrected chi connectivity index (χ1v) is 14.5. The summed E-state index contributed by atoms with van der Waals surface area (Å²) in [5.74, 6) is -3.58. The van der Waals surface area contributed by atoms with Gasteiger partial charge in [0, 0.05) is 22.7 Å². The monoisotopic (exact) mass is 554 g/mol. The predicted octanol–water partition coefficient (Wildman–Crippen LogP) is 5.46. The summed E-state index contributed by atoms with van der Waals surface area (Å²) in [7, 11) is 0. The Morgan fingerprint density at radius 1 is 1.13 bits per heavy atom. The molecule has 9 atom stereocenters. The molecule has 0 spiro atoms. The fraction of sp³-hybridized carbons (Fsp3) is 0.759. The number of alkyl halides is 3. The van der Waals surface area contributed by atoms with Crippen LogP contribution in [0.1, 0.15) is 66.7 Å². The maximum Gasteiger partial charge on any atom is 0.310 e. The number of ether oxygens (including phenoxy) is 1. The standard InChI is InChI=1S/C29H37F3O5S/c1-15-8-18-19-10-21(31)20-9-17(33)6-7-26(20,4)28(19,32)22(34)13-27(18,5)29(15,24(36)38-14-30)37-23(35)16-11-25(2,3)12-16/h6-7,9,15-16,18-19,21-22,34H,8,10-14H2,1-5H3/t15?,18-,19-,21?,22?,26-,27-,28?,29?/m0/s1. The van der Waals surface area contributed by atoms with Crippen molar-refractivity contribution in [3.05, 3.63) is 23.8 Å². The minimum absolute atomic E-state index is 0.0202. The van der Waals surface area contributed by atoms with E-state index in [0.29, 0.717) is 24.6 Å². The van der Waals surface area contributed by atoms with E-state index in [1.54, 1.807) is 13.8 Å². The number of esters is 1. The Labute approximate surface area is 226 Å². The van der Waals surface area contributed by atoms with Crippen LogP contribution in [0.25, 0.3) is 0 Å². The molecule has 5 aliphatic rings. The minimum atomic E-state index is -2.31. The molecule has 4 saturated carbocycles. The van der Waals surface area contributed by atoms with E-state index >= 15 is 8.78 Å². The van der Waals surface area contributed by atoms with Gasteiger partial charge in [0.1, 0.15) is 12.2 Å². The van der Waals surface area contributed by atoms with Crippen molar-refractivity contribution in [3.63, 3.8) is 0 Å². The first-order chi connectivity index (χ1) is 17.6. The number of carbonyl (C=O) groups is 3. The van der Waals surface area contributed by atoms with Crippen LogP contribution in [0.4, 0.5) is 13.2 Å². The number of carbonyl (C=O) groups excluding carboxylic acids is 3. The van der Waals surface area contributed by atoms with Crippen molar-refractivity contribution in [2.24, 2.45) is 39.9 Å². The van der Waals surface area contributed by atoms with Gasteiger partial charge in [-0.25, -0.2) is 13.2 Å². The first kappa shape index (κ1) is 27.9. The Morgan fingerprint density at radius 3 is 2.39 bits per heavy atom. The quantitative estimate of drug-likeness (QED) is 0.465. The molecule has 210 valence electrons. The van der Waals surface area contributed by atoms with Crippen molar-refractivity contribution in [2.45, 2.75) is 90.3 Å². The van der Waals surface area contributed by atoms with Gasteiger partial charge in [-0.3, -0.25) is 14.4 Å². The van der Waals surface area contributed by atoms with Gasteiger partial charge in [0.2, 0.25) is 5.12 Å². The molecule has 0 aromatic heterocycles. The molecule has 0 saturated heterocycles. The highest BCUT2D eigenvalue weighted by Gasteiger charge is 2.78. The fourth-order valence-corrected chi connectivity index (χ4v) is 9.85. The second-order valence-corrected chi connectivity index (χ2v) is 14.3. The van der Waals surface area contributed by atoms with Gasteiger partial charge in [0.25, 0.3) is 0 Å². The molecule has 0 heterocycles. The summed E-state index contributed by atoms with van der Waals surface area (Å²) in [5, 5.41) is 10.9. The number of fused-ring (bicyclic) bond motifs is 5. The molecule has 5 nitrogen and oxygen atoms in total. The largest absolute Gasteiger partial charge is 0.449 e. The van der Waals surface area contributed by atoms with E-state index in [0.717, 1.165) is 6.08 Å². The Balaban J connectivity index is 1.59. The van der Waals surface area contributed by atoms with Crippen LogP contribution in [-0.2, 0) is 19.1 Å². The van der Waals surface area contributed by atoms with Crippen LogP contribution in [-0.4, -0.2) is 51.5 Å². The Bertz CT molecular complexity index is 1130. The zero-order chi connectivity index (χ0) is 28.1. The molecule has 9 heteroatoms. The van der Waals surface area contributed by atoms with Gasteiger partial charge in [-0.1, -0.05) is 33.8 Å². The van der Waals surface area contributed by atoms with E-state index in [9.17, 15) is 23.9 Å². The normalized spacial score (nSPS) is 47.3. The number of allylic oxidation sites excluding steroid dienone is 4. The van der Waals surface area contributed by atoms with Gasteiger partial charge < -0.3 is 9.84 Å². The number of ketones is 1. The van der Waals surface area contributed by atoms with Crippen LogP contribution in [0.15, 0.2) is 23.8 Å². The lowest BCUT2D eigenvalue weighted by atomic mass is 9.44. The van der Waals surface area contributed by atoms with Crippen molar-refractivity contribution in [2.75, 3.05) is 6.01 Å². The van der Waals surface area contributed by atoms with Crippen LogP contribution in [0.5, 0.6) is 0 Å². The van der Waals surface area contributed by atoms with Gasteiger partial charge in [-0.05, 0) is 79.8 Å². The molecule has 0 radical (unpaired) electrons. The maximum absolute atomic E-state index is 17.4. The second-order valence-electron chi connectivity index (χ2n) is 13.5. The fourth-order valence-electron chi connectivity index (χ4n) is 9.06. The molecule has 5 rings (SSSR count). The molecule has 0 amide bonds. The van der Waals surface area contributed by atoms with Crippen LogP contribution >= 0.6 is 11.8 Å². The summed E-state index contributed by atoms with van der Waals surface area (Å²) in [6, 6.07) is -1.02. The molecule has 0 aliphatic heterocycles. The van der Waals surface area contributed by atoms with E-state index in [1.165, 1.54) is 19.1 Å². The van der Waals surface area contributed by atoms with Crippen LogP contribution in [0, 0.1) is 39.9 Å². The van der Waals surface area contributed by atoms with Crippen LogP contribution in [0.3, 0.4) is 0 Å². The van der Waals surface area contributed by atoms with E-state index in [4.69, 9.17) is 4.74 Å². The topological polar surface area (TPSA) is 80.7 Å². The van der Waals surface area contributed by atoms with Crippen LogP contribution < -0.4 is 0 Å². The van der Waals surface area contributed by atoms with E-state index in [-0.39, 0.29) is 30.3 Å². The highest BCUT2D eigenvalue weighted by molar-refractivity contribution is 8.13. The summed E-state index contributed by atoms with van der Waals surface area (Å²) in [4.78, 5) is 39.1. The molecule has 1 N–H and O–H groups in total. The zero-order valence-electron chi connectivity index (χ0n) is 22.6. The summed E-state index contributed by atoms with van der Waals surface area (Å²) >= 11 is 0.422. The zero-order valence-corrected chi connectivity index (χ0v) is 23.4. The van der Waals surface area contributed by atoms with Crippen molar-refractivity contribution in [3.8, 4) is 0 Å². The molecule has 0 bridgehead atoms. The Hall–Kier alpha value is -1.61.